The van der Waals surface area contributed by atoms with Gasteiger partial charge in [0, 0.05) is 100 Å². The number of ether oxygens (including phenoxy) is 4. The Morgan fingerprint density at radius 2 is 1.76 bits per heavy atom. The average molecular weight is 1090 g/mol. The van der Waals surface area contributed by atoms with Crippen molar-refractivity contribution in [1.82, 2.24) is 45.0 Å². The van der Waals surface area contributed by atoms with Crippen LogP contribution >= 0.6 is 11.3 Å². The maximum Gasteiger partial charge on any atom is 0.324 e. The van der Waals surface area contributed by atoms with Gasteiger partial charge < -0.3 is 43.5 Å². The fourth-order valence-corrected chi connectivity index (χ4v) is 13.0. The summed E-state index contributed by atoms with van der Waals surface area (Å²) in [6.07, 6.45) is 5.55. The fourth-order valence-electron chi connectivity index (χ4n) is 12.1. The van der Waals surface area contributed by atoms with Gasteiger partial charge in [0.25, 0.3) is 11.8 Å². The number of aryl methyl sites for hydroxylation is 2. The first-order valence-electron chi connectivity index (χ1n) is 27.9. The molecule has 0 saturated carbocycles. The Hall–Kier alpha value is -5.95. The van der Waals surface area contributed by atoms with Gasteiger partial charge in [-0.2, -0.15) is 0 Å². The molecular formula is C58H76N10O9S. The summed E-state index contributed by atoms with van der Waals surface area (Å²) in [4.78, 5) is 89.1. The van der Waals surface area contributed by atoms with E-state index in [0.717, 1.165) is 90.4 Å². The number of benzene rings is 1. The van der Waals surface area contributed by atoms with E-state index in [1.54, 1.807) is 19.1 Å². The van der Waals surface area contributed by atoms with Crippen LogP contribution in [0.1, 0.15) is 88.2 Å². The standard InChI is InChI=1S/C58H76N10O9S/c1-36(2)51(63(6)55(71)39-14-18-66(33-39)49(69)13-10-15-64-19-23-75-24-20-64)54(70)61-46-30-48-60-47(34-78-48)40-27-38-11-8-16-67-52(38)42(28-40)44(31-58(4,5)35-77-57(73)45-12-9-17-68(62-45)56(46)72)53(67)43-29-41(65-21-25-76-26-22-65)32-59-50(43)37(3)74-7/h27-29,32,34,36-37,39,45-46,51,62H,8-9,11-12,14-26,30-31,33,35H2,1-7H3,(H,61,70)/t37-,39-,45-,46-,51-/m0/s1. The lowest BCUT2D eigenvalue weighted by Gasteiger charge is -2.36. The van der Waals surface area contributed by atoms with Crippen molar-refractivity contribution in [2.24, 2.45) is 17.3 Å². The second-order valence-electron chi connectivity index (χ2n) is 22.9. The number of hydrogen-bond acceptors (Lipinski definition) is 15. The van der Waals surface area contributed by atoms with Gasteiger partial charge in [0.2, 0.25) is 11.8 Å². The Balaban J connectivity index is 0.968. The van der Waals surface area contributed by atoms with Crippen LogP contribution in [0.25, 0.3) is 33.4 Å². The molecule has 0 spiro atoms. The summed E-state index contributed by atoms with van der Waals surface area (Å²) in [5.41, 5.74) is 11.9. The van der Waals surface area contributed by atoms with E-state index in [-0.39, 0.29) is 43.4 Å². The van der Waals surface area contributed by atoms with Crippen molar-refractivity contribution in [2.45, 2.75) is 110 Å². The van der Waals surface area contributed by atoms with Crippen LogP contribution in [0, 0.1) is 29.1 Å². The molecule has 3 aromatic heterocycles. The highest BCUT2D eigenvalue weighted by Crippen LogP contribution is 2.46. The number of nitrogens with one attached hydrogen (secondary N) is 2. The third-order valence-electron chi connectivity index (χ3n) is 16.4. The number of likely N-dealkylation sites (tertiary alicyclic amines) is 1. The highest BCUT2D eigenvalue weighted by atomic mass is 32.1. The third-order valence-corrected chi connectivity index (χ3v) is 17.2. The number of carbonyl (C=O) groups is 5. The number of hydrazine groups is 1. The van der Waals surface area contributed by atoms with Gasteiger partial charge in [0.1, 0.15) is 18.1 Å². The van der Waals surface area contributed by atoms with Crippen molar-refractivity contribution in [3.63, 3.8) is 0 Å². The van der Waals surface area contributed by atoms with Gasteiger partial charge in [-0.1, -0.05) is 33.6 Å². The van der Waals surface area contributed by atoms with Crippen LogP contribution in [0.5, 0.6) is 0 Å². The first kappa shape index (κ1) is 55.4. The van der Waals surface area contributed by atoms with Crippen molar-refractivity contribution < 1.29 is 42.9 Å². The quantitative estimate of drug-likeness (QED) is 0.165. The molecule has 6 bridgehead atoms. The van der Waals surface area contributed by atoms with Crippen molar-refractivity contribution in [3.05, 3.63) is 51.6 Å². The van der Waals surface area contributed by atoms with Crippen LogP contribution in [-0.2, 0) is 68.7 Å². The largest absolute Gasteiger partial charge is 0.464 e. The number of methoxy groups -OCH3 is 1. The number of hydrogen-bond donors (Lipinski definition) is 2. The minimum absolute atomic E-state index is 0.0687. The number of thiazole rings is 1. The van der Waals surface area contributed by atoms with Crippen LogP contribution in [-0.4, -0.2) is 182 Å². The number of aromatic nitrogens is 3. The van der Waals surface area contributed by atoms with E-state index in [0.29, 0.717) is 76.8 Å². The monoisotopic (exact) mass is 1090 g/mol. The predicted molar refractivity (Wildman–Crippen MR) is 296 cm³/mol. The second kappa shape index (κ2) is 23.8. The molecule has 19 nitrogen and oxygen atoms in total. The van der Waals surface area contributed by atoms with E-state index in [9.17, 15) is 24.0 Å². The number of morpholine rings is 2. The molecule has 4 saturated heterocycles. The van der Waals surface area contributed by atoms with Crippen molar-refractivity contribution in [1.29, 1.82) is 0 Å². The van der Waals surface area contributed by atoms with Gasteiger partial charge >= 0.3 is 5.97 Å². The first-order valence-corrected chi connectivity index (χ1v) is 28.8. The summed E-state index contributed by atoms with van der Waals surface area (Å²) in [5.74, 6) is 2.95. The lowest BCUT2D eigenvalue weighted by Crippen LogP contribution is -2.62. The maximum atomic E-state index is 14.9. The molecule has 0 unspecified atom stereocenters. The van der Waals surface area contributed by atoms with E-state index in [2.05, 4.69) is 69.0 Å². The molecule has 5 atom stereocenters. The highest BCUT2D eigenvalue weighted by Gasteiger charge is 2.41. The number of amides is 4. The molecule has 4 amide bonds. The molecule has 0 aliphatic carbocycles. The molecule has 6 aliphatic rings. The number of nitrogens with zero attached hydrogens (tertiary/aromatic N) is 8. The fraction of sp³-hybridized carbons (Fsp3) is 0.603. The number of pyridine rings is 1. The molecule has 10 rings (SSSR count). The van der Waals surface area contributed by atoms with Crippen LogP contribution in [0.15, 0.2) is 29.8 Å². The Kier molecular flexibility index (Phi) is 16.9. The number of esters is 1. The van der Waals surface area contributed by atoms with Gasteiger partial charge in [0.05, 0.1) is 91.1 Å². The Bertz CT molecular complexity index is 2970. The van der Waals surface area contributed by atoms with Gasteiger partial charge in [-0.3, -0.25) is 38.9 Å². The number of likely N-dealkylation sites (N-methyl/N-ethyl adjacent to an activating group) is 1. The summed E-state index contributed by atoms with van der Waals surface area (Å²) < 4.78 is 25.9. The van der Waals surface area contributed by atoms with Gasteiger partial charge in [-0.05, 0) is 86.6 Å². The summed E-state index contributed by atoms with van der Waals surface area (Å²) in [6, 6.07) is 3.92. The zero-order chi connectivity index (χ0) is 54.8. The number of anilines is 1. The van der Waals surface area contributed by atoms with Gasteiger partial charge in [0.15, 0.2) is 0 Å². The molecule has 418 valence electrons. The van der Waals surface area contributed by atoms with Crippen molar-refractivity contribution in [2.75, 3.05) is 104 Å². The molecule has 4 fully saturated rings. The Morgan fingerprint density at radius 1 is 0.987 bits per heavy atom. The topological polar surface area (TPSA) is 193 Å². The second-order valence-corrected chi connectivity index (χ2v) is 23.9. The molecule has 78 heavy (non-hydrogen) atoms. The summed E-state index contributed by atoms with van der Waals surface area (Å²) >= 11 is 1.43. The maximum absolute atomic E-state index is 14.9. The normalized spacial score (nSPS) is 22.8. The van der Waals surface area contributed by atoms with Gasteiger partial charge in [-0.15, -0.1) is 11.3 Å². The summed E-state index contributed by atoms with van der Waals surface area (Å²) in [6.45, 7) is 18.0. The third kappa shape index (κ3) is 11.8. The van der Waals surface area contributed by atoms with Crippen LogP contribution in [0.4, 0.5) is 5.69 Å². The lowest BCUT2D eigenvalue weighted by molar-refractivity contribution is -0.155. The van der Waals surface area contributed by atoms with Crippen LogP contribution in [0.2, 0.25) is 0 Å². The first-order chi connectivity index (χ1) is 37.6. The van der Waals surface area contributed by atoms with Gasteiger partial charge in [-0.25, -0.2) is 10.4 Å². The zero-order valence-electron chi connectivity index (χ0n) is 46.4. The van der Waals surface area contributed by atoms with E-state index in [1.807, 2.05) is 32.3 Å². The molecule has 0 radical (unpaired) electrons. The molecular weight excluding hydrogens is 1010 g/mol. The lowest BCUT2D eigenvalue weighted by atomic mass is 9.84. The van der Waals surface area contributed by atoms with E-state index < -0.39 is 47.2 Å². The van der Waals surface area contributed by atoms with Crippen LogP contribution in [0.3, 0.4) is 0 Å². The minimum Gasteiger partial charge on any atom is -0.464 e. The number of carbonyl (C=O) groups excluding carboxylic acids is 5. The SMILES string of the molecule is CO[C@@H](C)c1ncc(N2CCOCC2)cc1-c1c2c3cc(cc4c3n1CCC4)-c1csc(n1)C[C@H](NC(=O)[C@H](C(C)C)N(C)C(=O)[C@H]1CCN(C(=O)C#CCN3CCOCC3)C1)C(=O)N1CCC[C@H](N1)C(=O)OCC(C)(C)C2. The number of fused-ring (bicyclic) bond motifs is 6. The molecule has 2 N–H and O–H groups in total. The smallest absolute Gasteiger partial charge is 0.324 e. The van der Waals surface area contributed by atoms with E-state index in [4.69, 9.17) is 28.9 Å². The molecule has 20 heteroatoms. The van der Waals surface area contributed by atoms with Crippen LogP contribution < -0.4 is 15.6 Å². The summed E-state index contributed by atoms with van der Waals surface area (Å²) in [5, 5.41) is 8.28. The van der Waals surface area contributed by atoms with E-state index in [1.165, 1.54) is 32.3 Å². The highest BCUT2D eigenvalue weighted by molar-refractivity contribution is 7.10. The number of rotatable bonds is 10. The minimum atomic E-state index is -1.10. The van der Waals surface area contributed by atoms with Crippen molar-refractivity contribution >= 4 is 57.5 Å². The summed E-state index contributed by atoms with van der Waals surface area (Å²) in [7, 11) is 3.33. The Morgan fingerprint density at radius 3 is 2.51 bits per heavy atom. The number of cyclic esters (lactones) is 1. The molecule has 4 aromatic rings. The molecule has 9 heterocycles. The Labute approximate surface area is 461 Å². The molecule has 1 aromatic carbocycles. The van der Waals surface area contributed by atoms with E-state index >= 15 is 0 Å². The van der Waals surface area contributed by atoms with Crippen molar-refractivity contribution in [3.8, 4) is 34.4 Å². The zero-order valence-corrected chi connectivity index (χ0v) is 47.2. The molecule has 6 aliphatic heterocycles. The predicted octanol–water partition coefficient (Wildman–Crippen LogP) is 4.63. The average Bonchev–Trinajstić information content (AvgIpc) is 4.42.